The van der Waals surface area contributed by atoms with Crippen molar-refractivity contribution in [2.45, 2.75) is 44.9 Å². The molecule has 1 aromatic rings. The van der Waals surface area contributed by atoms with Gasteiger partial charge in [-0.05, 0) is 31.1 Å². The molecule has 2 fully saturated rings. The second kappa shape index (κ2) is 4.71. The van der Waals surface area contributed by atoms with Crippen LogP contribution in [0.2, 0.25) is 0 Å². The summed E-state index contributed by atoms with van der Waals surface area (Å²) in [6.45, 7) is 2.12. The average molecular weight is 247 g/mol. The Hall–Kier alpha value is -1.39. The minimum atomic E-state index is 0.318. The predicted molar refractivity (Wildman–Crippen MR) is 71.2 cm³/mol. The number of nitrogen functional groups attached to an aromatic ring is 1. The van der Waals surface area contributed by atoms with Gasteiger partial charge in [-0.15, -0.1) is 0 Å². The first-order valence-corrected chi connectivity index (χ1v) is 6.97. The van der Waals surface area contributed by atoms with Crippen molar-refractivity contribution >= 4 is 11.9 Å². The number of rotatable bonds is 1. The van der Waals surface area contributed by atoms with E-state index >= 15 is 0 Å². The lowest BCUT2D eigenvalue weighted by Gasteiger charge is -2.44. The fourth-order valence-electron chi connectivity index (χ4n) is 3.44. The standard InChI is InChI=1S/C13H21N5/c14-11-15-10-16-12(17-11)18-8-6-13(7-9-18)4-2-1-3-5-13/h10H,1-9H2,(H2,14,15,16,17). The summed E-state index contributed by atoms with van der Waals surface area (Å²) in [5, 5.41) is 0. The summed E-state index contributed by atoms with van der Waals surface area (Å²) >= 11 is 0. The summed E-state index contributed by atoms with van der Waals surface area (Å²) in [7, 11) is 0. The molecule has 0 atom stereocenters. The Balaban J connectivity index is 1.66. The van der Waals surface area contributed by atoms with E-state index in [0.717, 1.165) is 19.0 Å². The van der Waals surface area contributed by atoms with Gasteiger partial charge in [0.15, 0.2) is 0 Å². The first kappa shape index (κ1) is 11.7. The fraction of sp³-hybridized carbons (Fsp3) is 0.769. The molecule has 1 aliphatic carbocycles. The van der Waals surface area contributed by atoms with Crippen molar-refractivity contribution in [2.75, 3.05) is 23.7 Å². The summed E-state index contributed by atoms with van der Waals surface area (Å²) in [5.41, 5.74) is 6.23. The summed E-state index contributed by atoms with van der Waals surface area (Å²) in [4.78, 5) is 14.5. The second-order valence-electron chi connectivity index (χ2n) is 5.69. The van der Waals surface area contributed by atoms with E-state index in [-0.39, 0.29) is 0 Å². The van der Waals surface area contributed by atoms with Gasteiger partial charge in [-0.2, -0.15) is 4.98 Å². The molecule has 1 aromatic heterocycles. The average Bonchev–Trinajstić information content (AvgIpc) is 2.40. The van der Waals surface area contributed by atoms with E-state index in [1.165, 1.54) is 51.3 Å². The van der Waals surface area contributed by atoms with E-state index in [0.29, 0.717) is 11.4 Å². The summed E-state index contributed by atoms with van der Waals surface area (Å²) in [6, 6.07) is 0. The van der Waals surface area contributed by atoms with Crippen molar-refractivity contribution in [3.63, 3.8) is 0 Å². The van der Waals surface area contributed by atoms with Crippen LogP contribution in [-0.2, 0) is 0 Å². The van der Waals surface area contributed by atoms with E-state index in [4.69, 9.17) is 5.73 Å². The van der Waals surface area contributed by atoms with Crippen molar-refractivity contribution < 1.29 is 0 Å². The second-order valence-corrected chi connectivity index (χ2v) is 5.69. The van der Waals surface area contributed by atoms with E-state index in [1.54, 1.807) is 0 Å². The smallest absolute Gasteiger partial charge is 0.230 e. The van der Waals surface area contributed by atoms with Gasteiger partial charge in [0.1, 0.15) is 6.33 Å². The zero-order valence-electron chi connectivity index (χ0n) is 10.8. The Bertz CT molecular complexity index is 404. The zero-order chi connectivity index (χ0) is 12.4. The Morgan fingerprint density at radius 2 is 1.72 bits per heavy atom. The molecule has 1 saturated carbocycles. The SMILES string of the molecule is Nc1ncnc(N2CCC3(CCCCC3)CC2)n1. The highest BCUT2D eigenvalue weighted by atomic mass is 15.3. The van der Waals surface area contributed by atoms with E-state index in [2.05, 4.69) is 19.9 Å². The monoisotopic (exact) mass is 247 g/mol. The summed E-state index contributed by atoms with van der Waals surface area (Å²) in [6.07, 6.45) is 11.1. The Labute approximate surface area is 108 Å². The van der Waals surface area contributed by atoms with Crippen LogP contribution in [0.4, 0.5) is 11.9 Å². The number of aromatic nitrogens is 3. The Morgan fingerprint density at radius 3 is 2.39 bits per heavy atom. The first-order chi connectivity index (χ1) is 8.77. The fourth-order valence-corrected chi connectivity index (χ4v) is 3.44. The first-order valence-electron chi connectivity index (χ1n) is 6.97. The lowest BCUT2D eigenvalue weighted by atomic mass is 9.68. The molecule has 1 spiro atoms. The maximum absolute atomic E-state index is 5.61. The third-order valence-corrected chi connectivity index (χ3v) is 4.60. The number of nitrogens with zero attached hydrogens (tertiary/aromatic N) is 4. The molecular weight excluding hydrogens is 226 g/mol. The molecule has 3 rings (SSSR count). The maximum Gasteiger partial charge on any atom is 0.230 e. The third-order valence-electron chi connectivity index (χ3n) is 4.60. The van der Waals surface area contributed by atoms with Crippen molar-refractivity contribution in [1.29, 1.82) is 0 Å². The molecule has 18 heavy (non-hydrogen) atoms. The number of hydrogen-bond acceptors (Lipinski definition) is 5. The molecule has 98 valence electrons. The predicted octanol–water partition coefficient (Wildman–Crippen LogP) is 2.00. The van der Waals surface area contributed by atoms with Gasteiger partial charge in [0.25, 0.3) is 0 Å². The van der Waals surface area contributed by atoms with Crippen LogP contribution in [0, 0.1) is 5.41 Å². The molecule has 0 aromatic carbocycles. The minimum Gasteiger partial charge on any atom is -0.368 e. The van der Waals surface area contributed by atoms with Crippen LogP contribution < -0.4 is 10.6 Å². The molecule has 2 aliphatic rings. The van der Waals surface area contributed by atoms with Crippen molar-refractivity contribution in [1.82, 2.24) is 15.0 Å². The molecule has 1 aliphatic heterocycles. The molecule has 0 bridgehead atoms. The Morgan fingerprint density at radius 1 is 1.00 bits per heavy atom. The molecule has 2 N–H and O–H groups in total. The number of hydrogen-bond donors (Lipinski definition) is 1. The molecule has 5 nitrogen and oxygen atoms in total. The quantitative estimate of drug-likeness (QED) is 0.822. The number of piperidine rings is 1. The van der Waals surface area contributed by atoms with Crippen LogP contribution in [0.25, 0.3) is 0 Å². The van der Waals surface area contributed by atoms with Gasteiger partial charge in [0.05, 0.1) is 0 Å². The van der Waals surface area contributed by atoms with Crippen LogP contribution >= 0.6 is 0 Å². The van der Waals surface area contributed by atoms with E-state index in [9.17, 15) is 0 Å². The van der Waals surface area contributed by atoms with Crippen LogP contribution in [-0.4, -0.2) is 28.0 Å². The summed E-state index contributed by atoms with van der Waals surface area (Å²) in [5.74, 6) is 1.06. The molecule has 1 saturated heterocycles. The topological polar surface area (TPSA) is 67.9 Å². The van der Waals surface area contributed by atoms with Gasteiger partial charge >= 0.3 is 0 Å². The lowest BCUT2D eigenvalue weighted by Crippen LogP contribution is -2.41. The maximum atomic E-state index is 5.61. The van der Waals surface area contributed by atoms with Gasteiger partial charge in [0.2, 0.25) is 11.9 Å². The summed E-state index contributed by atoms with van der Waals surface area (Å²) < 4.78 is 0. The molecule has 0 unspecified atom stereocenters. The van der Waals surface area contributed by atoms with Crippen LogP contribution in [0.5, 0.6) is 0 Å². The molecule has 0 radical (unpaired) electrons. The zero-order valence-corrected chi connectivity index (χ0v) is 10.8. The number of nitrogens with two attached hydrogens (primary N) is 1. The Kier molecular flexibility index (Phi) is 3.06. The minimum absolute atomic E-state index is 0.318. The highest BCUT2D eigenvalue weighted by Gasteiger charge is 2.35. The molecule has 5 heteroatoms. The lowest BCUT2D eigenvalue weighted by molar-refractivity contribution is 0.144. The van der Waals surface area contributed by atoms with Crippen molar-refractivity contribution in [3.8, 4) is 0 Å². The van der Waals surface area contributed by atoms with Gasteiger partial charge in [-0.1, -0.05) is 19.3 Å². The van der Waals surface area contributed by atoms with Gasteiger partial charge < -0.3 is 10.6 Å². The number of anilines is 2. The van der Waals surface area contributed by atoms with E-state index < -0.39 is 0 Å². The third kappa shape index (κ3) is 2.26. The van der Waals surface area contributed by atoms with Crippen LogP contribution in [0.1, 0.15) is 44.9 Å². The normalized spacial score (nSPS) is 23.2. The van der Waals surface area contributed by atoms with Crippen LogP contribution in [0.3, 0.4) is 0 Å². The largest absolute Gasteiger partial charge is 0.368 e. The van der Waals surface area contributed by atoms with Gasteiger partial charge in [-0.3, -0.25) is 0 Å². The van der Waals surface area contributed by atoms with E-state index in [1.807, 2.05) is 0 Å². The molecule has 0 amide bonds. The van der Waals surface area contributed by atoms with Gasteiger partial charge in [-0.25, -0.2) is 9.97 Å². The van der Waals surface area contributed by atoms with Gasteiger partial charge in [0, 0.05) is 13.1 Å². The molecule has 2 heterocycles. The highest BCUT2D eigenvalue weighted by molar-refractivity contribution is 5.33. The van der Waals surface area contributed by atoms with Crippen molar-refractivity contribution in [2.24, 2.45) is 5.41 Å². The van der Waals surface area contributed by atoms with Crippen LogP contribution in [0.15, 0.2) is 6.33 Å². The highest BCUT2D eigenvalue weighted by Crippen LogP contribution is 2.44. The molecular formula is C13H21N5. The van der Waals surface area contributed by atoms with Crippen molar-refractivity contribution in [3.05, 3.63) is 6.33 Å².